The van der Waals surface area contributed by atoms with Gasteiger partial charge in [-0.15, -0.1) is 0 Å². The van der Waals surface area contributed by atoms with Crippen molar-refractivity contribution < 1.29 is 19.4 Å². The Labute approximate surface area is 147 Å². The summed E-state index contributed by atoms with van der Waals surface area (Å²) in [5, 5.41) is 9.38. The molecule has 0 spiro atoms. The quantitative estimate of drug-likeness (QED) is 0.712. The predicted octanol–water partition coefficient (Wildman–Crippen LogP) is 4.79. The molecule has 0 aliphatic heterocycles. The molecule has 0 heterocycles. The molecule has 2 aromatic carbocycles. The molecule has 0 aromatic heterocycles. The van der Waals surface area contributed by atoms with Gasteiger partial charge < -0.3 is 14.6 Å². The van der Waals surface area contributed by atoms with E-state index in [0.29, 0.717) is 33.2 Å². The highest BCUT2D eigenvalue weighted by Crippen LogP contribution is 2.34. The van der Waals surface area contributed by atoms with Crippen LogP contribution in [-0.4, -0.2) is 18.2 Å². The largest absolute Gasteiger partial charge is 0.493 e. The Morgan fingerprint density at radius 2 is 1.96 bits per heavy atom. The molecule has 0 bridgehead atoms. The standard InChI is InChI=1S/C17H14BrClO4/c1-22-15-8-12(4-7-17(20)21)14(18)9-16(15)23-10-11-2-5-13(19)6-3-11/h2-9H,10H2,1H3,(H,20,21)/b7-4+. The zero-order valence-electron chi connectivity index (χ0n) is 12.3. The summed E-state index contributed by atoms with van der Waals surface area (Å²) < 4.78 is 11.8. The molecular formula is C17H14BrClO4. The van der Waals surface area contributed by atoms with E-state index < -0.39 is 5.97 Å². The van der Waals surface area contributed by atoms with Crippen molar-refractivity contribution in [2.45, 2.75) is 6.61 Å². The van der Waals surface area contributed by atoms with E-state index in [-0.39, 0.29) is 0 Å². The van der Waals surface area contributed by atoms with Crippen LogP contribution in [0.4, 0.5) is 0 Å². The molecule has 0 saturated heterocycles. The number of rotatable bonds is 6. The molecule has 0 fully saturated rings. The first-order valence-corrected chi connectivity index (χ1v) is 7.82. The monoisotopic (exact) mass is 396 g/mol. The van der Waals surface area contributed by atoms with Crippen molar-refractivity contribution in [3.05, 3.63) is 63.1 Å². The van der Waals surface area contributed by atoms with Gasteiger partial charge in [0, 0.05) is 15.6 Å². The molecule has 2 rings (SSSR count). The molecular weight excluding hydrogens is 384 g/mol. The molecule has 1 N–H and O–H groups in total. The van der Waals surface area contributed by atoms with Crippen LogP contribution in [-0.2, 0) is 11.4 Å². The highest BCUT2D eigenvalue weighted by Gasteiger charge is 2.09. The van der Waals surface area contributed by atoms with Gasteiger partial charge in [0.2, 0.25) is 0 Å². The fourth-order valence-electron chi connectivity index (χ4n) is 1.85. The van der Waals surface area contributed by atoms with Crippen LogP contribution in [0.15, 0.2) is 46.9 Å². The van der Waals surface area contributed by atoms with E-state index in [4.69, 9.17) is 26.2 Å². The average Bonchev–Trinajstić information content (AvgIpc) is 2.53. The molecule has 23 heavy (non-hydrogen) atoms. The SMILES string of the molecule is COc1cc(/C=C/C(=O)O)c(Br)cc1OCc1ccc(Cl)cc1. The lowest BCUT2D eigenvalue weighted by Gasteiger charge is -2.13. The molecule has 120 valence electrons. The van der Waals surface area contributed by atoms with Gasteiger partial charge in [-0.25, -0.2) is 4.79 Å². The van der Waals surface area contributed by atoms with Gasteiger partial charge in [-0.05, 0) is 41.5 Å². The number of halogens is 2. The molecule has 0 saturated carbocycles. The van der Waals surface area contributed by atoms with E-state index in [9.17, 15) is 4.79 Å². The minimum atomic E-state index is -1.01. The van der Waals surface area contributed by atoms with Gasteiger partial charge in [-0.3, -0.25) is 0 Å². The first-order chi connectivity index (χ1) is 11.0. The summed E-state index contributed by atoms with van der Waals surface area (Å²) in [4.78, 5) is 10.6. The van der Waals surface area contributed by atoms with E-state index in [1.165, 1.54) is 13.2 Å². The number of carboxylic acids is 1. The zero-order chi connectivity index (χ0) is 16.8. The van der Waals surface area contributed by atoms with Crippen LogP contribution in [0.2, 0.25) is 5.02 Å². The Hall–Kier alpha value is -1.98. The van der Waals surface area contributed by atoms with Gasteiger partial charge in [0.25, 0.3) is 0 Å². The van der Waals surface area contributed by atoms with Crippen molar-refractivity contribution in [2.24, 2.45) is 0 Å². The minimum absolute atomic E-state index is 0.365. The van der Waals surface area contributed by atoms with Crippen LogP contribution in [0, 0.1) is 0 Å². The zero-order valence-corrected chi connectivity index (χ0v) is 14.6. The third kappa shape index (κ3) is 5.01. The van der Waals surface area contributed by atoms with E-state index in [1.54, 1.807) is 24.3 Å². The van der Waals surface area contributed by atoms with Gasteiger partial charge in [-0.2, -0.15) is 0 Å². The second kappa shape index (κ2) is 8.04. The van der Waals surface area contributed by atoms with Crippen molar-refractivity contribution in [1.82, 2.24) is 0 Å². The first kappa shape index (κ1) is 17.4. The van der Waals surface area contributed by atoms with Gasteiger partial charge in [0.05, 0.1) is 7.11 Å². The van der Waals surface area contributed by atoms with Gasteiger partial charge in [0.15, 0.2) is 11.5 Å². The van der Waals surface area contributed by atoms with Gasteiger partial charge >= 0.3 is 5.97 Å². The molecule has 0 unspecified atom stereocenters. The lowest BCUT2D eigenvalue weighted by Crippen LogP contribution is -1.98. The fourth-order valence-corrected chi connectivity index (χ4v) is 2.43. The smallest absolute Gasteiger partial charge is 0.328 e. The first-order valence-electron chi connectivity index (χ1n) is 6.65. The maximum absolute atomic E-state index is 10.6. The van der Waals surface area contributed by atoms with Crippen molar-refractivity contribution in [3.8, 4) is 11.5 Å². The molecule has 0 amide bonds. The fraction of sp³-hybridized carbons (Fsp3) is 0.118. The Morgan fingerprint density at radius 3 is 2.57 bits per heavy atom. The molecule has 0 aliphatic carbocycles. The van der Waals surface area contributed by atoms with Gasteiger partial charge in [-0.1, -0.05) is 39.7 Å². The number of aliphatic carboxylic acids is 1. The summed E-state index contributed by atoms with van der Waals surface area (Å²) >= 11 is 9.25. The number of hydrogen-bond donors (Lipinski definition) is 1. The maximum atomic E-state index is 10.6. The summed E-state index contributed by atoms with van der Waals surface area (Å²) in [5.74, 6) is 0.0629. The molecule has 0 radical (unpaired) electrons. The number of ether oxygens (including phenoxy) is 2. The van der Waals surface area contributed by atoms with Crippen LogP contribution in [0.5, 0.6) is 11.5 Å². The van der Waals surface area contributed by atoms with Crippen LogP contribution in [0.1, 0.15) is 11.1 Å². The second-order valence-electron chi connectivity index (χ2n) is 4.61. The van der Waals surface area contributed by atoms with Crippen molar-refractivity contribution in [2.75, 3.05) is 7.11 Å². The Balaban J connectivity index is 2.19. The van der Waals surface area contributed by atoms with Crippen molar-refractivity contribution in [1.29, 1.82) is 0 Å². The average molecular weight is 398 g/mol. The molecule has 2 aromatic rings. The number of hydrogen-bond acceptors (Lipinski definition) is 3. The number of methoxy groups -OCH3 is 1. The third-order valence-electron chi connectivity index (χ3n) is 3.00. The van der Waals surface area contributed by atoms with Crippen molar-refractivity contribution in [3.63, 3.8) is 0 Å². The Kier molecular flexibility index (Phi) is 6.07. The number of carbonyl (C=O) groups is 1. The lowest BCUT2D eigenvalue weighted by atomic mass is 10.2. The number of carboxylic acid groups (broad SMARTS) is 1. The topological polar surface area (TPSA) is 55.8 Å². The van der Waals surface area contributed by atoms with Crippen LogP contribution >= 0.6 is 27.5 Å². The highest BCUT2D eigenvalue weighted by atomic mass is 79.9. The second-order valence-corrected chi connectivity index (χ2v) is 5.90. The van der Waals surface area contributed by atoms with Crippen LogP contribution in [0.25, 0.3) is 6.08 Å². The van der Waals surface area contributed by atoms with E-state index in [1.807, 2.05) is 12.1 Å². The summed E-state index contributed by atoms with van der Waals surface area (Å²) in [7, 11) is 1.53. The number of benzene rings is 2. The predicted molar refractivity (Wildman–Crippen MR) is 93.1 cm³/mol. The third-order valence-corrected chi connectivity index (χ3v) is 3.93. The molecule has 6 heteroatoms. The van der Waals surface area contributed by atoms with Crippen LogP contribution < -0.4 is 9.47 Å². The van der Waals surface area contributed by atoms with E-state index in [0.717, 1.165) is 11.6 Å². The molecule has 0 atom stereocenters. The minimum Gasteiger partial charge on any atom is -0.493 e. The molecule has 0 aliphatic rings. The normalized spacial score (nSPS) is 10.7. The van der Waals surface area contributed by atoms with Gasteiger partial charge in [0.1, 0.15) is 6.61 Å². The highest BCUT2D eigenvalue weighted by molar-refractivity contribution is 9.10. The summed E-state index contributed by atoms with van der Waals surface area (Å²) in [5.41, 5.74) is 1.66. The Bertz CT molecular complexity index is 726. The summed E-state index contributed by atoms with van der Waals surface area (Å²) in [6.45, 7) is 0.365. The van der Waals surface area contributed by atoms with Crippen LogP contribution in [0.3, 0.4) is 0 Å². The van der Waals surface area contributed by atoms with E-state index in [2.05, 4.69) is 15.9 Å². The van der Waals surface area contributed by atoms with E-state index >= 15 is 0 Å². The lowest BCUT2D eigenvalue weighted by molar-refractivity contribution is -0.131. The summed E-state index contributed by atoms with van der Waals surface area (Å²) in [6, 6.07) is 10.8. The molecule has 4 nitrogen and oxygen atoms in total. The van der Waals surface area contributed by atoms with Crippen molar-refractivity contribution >= 4 is 39.6 Å². The summed E-state index contributed by atoms with van der Waals surface area (Å²) in [6.07, 6.45) is 2.55. The Morgan fingerprint density at radius 1 is 1.26 bits per heavy atom. The maximum Gasteiger partial charge on any atom is 0.328 e.